The molecule has 1 amide bonds. The van der Waals surface area contributed by atoms with E-state index >= 15 is 0 Å². The fourth-order valence-electron chi connectivity index (χ4n) is 2.49. The molecule has 0 bridgehead atoms. The van der Waals surface area contributed by atoms with Gasteiger partial charge in [-0.05, 0) is 31.4 Å². The van der Waals surface area contributed by atoms with Crippen molar-refractivity contribution in [1.29, 1.82) is 0 Å². The molecule has 0 aromatic heterocycles. The lowest BCUT2D eigenvalue weighted by Gasteiger charge is -2.29. The molecular formula is C13H17NO2. The largest absolute Gasteiger partial charge is 0.438 e. The summed E-state index contributed by atoms with van der Waals surface area (Å²) in [6.45, 7) is 6.06. The molecule has 1 aliphatic carbocycles. The molecule has 0 spiro atoms. The Morgan fingerprint density at radius 3 is 2.88 bits per heavy atom. The Morgan fingerprint density at radius 1 is 1.56 bits per heavy atom. The molecule has 1 aliphatic rings. The summed E-state index contributed by atoms with van der Waals surface area (Å²) in [6.07, 6.45) is 0.225. The zero-order valence-electron chi connectivity index (χ0n) is 9.91. The summed E-state index contributed by atoms with van der Waals surface area (Å²) < 4.78 is 5.33. The van der Waals surface area contributed by atoms with Gasteiger partial charge in [-0.15, -0.1) is 0 Å². The SMILES string of the molecule is Cc1ccc2c(c1)[C@@](C)(OC(N)=O)[C@@H](C)C2. The van der Waals surface area contributed by atoms with Crippen molar-refractivity contribution in [2.45, 2.75) is 32.8 Å². The molecular weight excluding hydrogens is 202 g/mol. The van der Waals surface area contributed by atoms with E-state index in [0.29, 0.717) is 0 Å². The van der Waals surface area contributed by atoms with Crippen LogP contribution >= 0.6 is 0 Å². The summed E-state index contributed by atoms with van der Waals surface area (Å²) in [5, 5.41) is 0. The highest BCUT2D eigenvalue weighted by atomic mass is 16.6. The molecule has 3 heteroatoms. The summed E-state index contributed by atoms with van der Waals surface area (Å²) >= 11 is 0. The van der Waals surface area contributed by atoms with Crippen LogP contribution in [0.25, 0.3) is 0 Å². The van der Waals surface area contributed by atoms with Gasteiger partial charge in [0.05, 0.1) is 0 Å². The second-order valence-corrected chi connectivity index (χ2v) is 4.79. The van der Waals surface area contributed by atoms with Crippen LogP contribution in [0.2, 0.25) is 0 Å². The minimum Gasteiger partial charge on any atom is -0.438 e. The maximum Gasteiger partial charge on any atom is 0.405 e. The number of hydrogen-bond acceptors (Lipinski definition) is 2. The van der Waals surface area contributed by atoms with Crippen LogP contribution in [-0.2, 0) is 16.8 Å². The van der Waals surface area contributed by atoms with E-state index in [9.17, 15) is 4.79 Å². The van der Waals surface area contributed by atoms with E-state index in [1.807, 2.05) is 13.8 Å². The topological polar surface area (TPSA) is 52.3 Å². The third-order valence-electron chi connectivity index (χ3n) is 3.58. The van der Waals surface area contributed by atoms with Gasteiger partial charge >= 0.3 is 6.09 Å². The predicted molar refractivity (Wildman–Crippen MR) is 62.1 cm³/mol. The van der Waals surface area contributed by atoms with Crippen molar-refractivity contribution in [1.82, 2.24) is 0 Å². The van der Waals surface area contributed by atoms with Crippen LogP contribution in [0, 0.1) is 12.8 Å². The molecule has 2 atom stereocenters. The van der Waals surface area contributed by atoms with Crippen molar-refractivity contribution >= 4 is 6.09 Å². The Kier molecular flexibility index (Phi) is 2.41. The zero-order chi connectivity index (χ0) is 11.9. The Balaban J connectivity index is 2.48. The molecule has 0 unspecified atom stereocenters. The summed E-state index contributed by atoms with van der Waals surface area (Å²) in [5.74, 6) is 0.261. The predicted octanol–water partition coefficient (Wildman–Crippen LogP) is 2.50. The quantitative estimate of drug-likeness (QED) is 0.789. The van der Waals surface area contributed by atoms with E-state index < -0.39 is 11.7 Å². The van der Waals surface area contributed by atoms with Gasteiger partial charge in [0.1, 0.15) is 5.60 Å². The molecule has 0 saturated heterocycles. The molecule has 0 saturated carbocycles. The molecule has 1 aromatic rings. The average Bonchev–Trinajstić information content (AvgIpc) is 2.40. The number of carbonyl (C=O) groups excluding carboxylic acids is 1. The highest BCUT2D eigenvalue weighted by Crippen LogP contribution is 2.44. The highest BCUT2D eigenvalue weighted by molar-refractivity contribution is 5.66. The number of primary amides is 1. The van der Waals surface area contributed by atoms with Gasteiger partial charge in [-0.2, -0.15) is 0 Å². The normalized spacial score (nSPS) is 27.6. The van der Waals surface area contributed by atoms with Gasteiger partial charge < -0.3 is 10.5 Å². The zero-order valence-corrected chi connectivity index (χ0v) is 9.91. The average molecular weight is 219 g/mol. The van der Waals surface area contributed by atoms with Crippen LogP contribution in [0.1, 0.15) is 30.5 Å². The minimum atomic E-state index is -0.705. The van der Waals surface area contributed by atoms with Gasteiger partial charge in [-0.25, -0.2) is 4.79 Å². The minimum absolute atomic E-state index is 0.261. The van der Waals surface area contributed by atoms with Crippen LogP contribution in [0.4, 0.5) is 4.79 Å². The lowest BCUT2D eigenvalue weighted by atomic mass is 9.90. The number of carbonyl (C=O) groups is 1. The first-order valence-corrected chi connectivity index (χ1v) is 5.52. The number of fused-ring (bicyclic) bond motifs is 1. The standard InChI is InChI=1S/C13H17NO2/c1-8-4-5-10-7-9(2)13(3,11(10)6-8)16-12(14)15/h4-6,9H,7H2,1-3H3,(H2,14,15)/t9-,13-/m0/s1. The maximum atomic E-state index is 11.0. The second kappa shape index (κ2) is 3.51. The third kappa shape index (κ3) is 1.56. The number of nitrogens with two attached hydrogens (primary N) is 1. The Labute approximate surface area is 95.6 Å². The molecule has 1 aromatic carbocycles. The fourth-order valence-corrected chi connectivity index (χ4v) is 2.49. The molecule has 16 heavy (non-hydrogen) atoms. The van der Waals surface area contributed by atoms with Crippen LogP contribution < -0.4 is 5.73 Å². The molecule has 3 nitrogen and oxygen atoms in total. The van der Waals surface area contributed by atoms with Gasteiger partial charge in [-0.3, -0.25) is 0 Å². The summed E-state index contributed by atoms with van der Waals surface area (Å²) in [5.41, 5.74) is 8.10. The molecule has 0 fully saturated rings. The summed E-state index contributed by atoms with van der Waals surface area (Å²) in [6, 6.07) is 6.28. The van der Waals surface area contributed by atoms with Crippen molar-refractivity contribution in [2.24, 2.45) is 11.7 Å². The van der Waals surface area contributed by atoms with E-state index in [0.717, 1.165) is 12.0 Å². The summed E-state index contributed by atoms with van der Waals surface area (Å²) in [4.78, 5) is 11.0. The fraction of sp³-hybridized carbons (Fsp3) is 0.462. The molecule has 0 radical (unpaired) electrons. The Hall–Kier alpha value is -1.51. The van der Waals surface area contributed by atoms with Crippen molar-refractivity contribution < 1.29 is 9.53 Å². The van der Waals surface area contributed by atoms with Gasteiger partial charge in [0.25, 0.3) is 0 Å². The number of amides is 1. The highest BCUT2D eigenvalue weighted by Gasteiger charge is 2.43. The molecule has 2 N–H and O–H groups in total. The first kappa shape index (κ1) is 11.0. The second-order valence-electron chi connectivity index (χ2n) is 4.79. The van der Waals surface area contributed by atoms with E-state index in [2.05, 4.69) is 25.1 Å². The summed E-state index contributed by atoms with van der Waals surface area (Å²) in [7, 11) is 0. The van der Waals surface area contributed by atoms with Gasteiger partial charge in [0, 0.05) is 5.92 Å². The third-order valence-corrected chi connectivity index (χ3v) is 3.58. The van der Waals surface area contributed by atoms with Crippen molar-refractivity contribution in [3.05, 3.63) is 34.9 Å². The molecule has 0 heterocycles. The molecule has 86 valence electrons. The van der Waals surface area contributed by atoms with Crippen molar-refractivity contribution in [3.63, 3.8) is 0 Å². The van der Waals surface area contributed by atoms with Gasteiger partial charge in [0.2, 0.25) is 0 Å². The van der Waals surface area contributed by atoms with Gasteiger partial charge in [0.15, 0.2) is 0 Å². The van der Waals surface area contributed by atoms with Crippen molar-refractivity contribution in [3.8, 4) is 0 Å². The monoisotopic (exact) mass is 219 g/mol. The van der Waals surface area contributed by atoms with E-state index in [1.54, 1.807) is 0 Å². The van der Waals surface area contributed by atoms with E-state index in [4.69, 9.17) is 10.5 Å². The Bertz CT molecular complexity index is 442. The number of hydrogen-bond donors (Lipinski definition) is 1. The Morgan fingerprint density at radius 2 is 2.25 bits per heavy atom. The number of aryl methyl sites for hydroxylation is 1. The maximum absolute atomic E-state index is 11.0. The van der Waals surface area contributed by atoms with Crippen LogP contribution in [0.15, 0.2) is 18.2 Å². The van der Waals surface area contributed by atoms with Crippen LogP contribution in [0.3, 0.4) is 0 Å². The van der Waals surface area contributed by atoms with Crippen LogP contribution in [-0.4, -0.2) is 6.09 Å². The first-order valence-electron chi connectivity index (χ1n) is 5.52. The first-order chi connectivity index (χ1) is 7.43. The smallest absolute Gasteiger partial charge is 0.405 e. The number of benzene rings is 1. The molecule has 0 aliphatic heterocycles. The van der Waals surface area contributed by atoms with E-state index in [-0.39, 0.29) is 5.92 Å². The van der Waals surface area contributed by atoms with E-state index in [1.165, 1.54) is 11.1 Å². The lowest BCUT2D eigenvalue weighted by molar-refractivity contribution is -0.00398. The number of rotatable bonds is 1. The lowest BCUT2D eigenvalue weighted by Crippen LogP contribution is -2.34. The van der Waals surface area contributed by atoms with Crippen LogP contribution in [0.5, 0.6) is 0 Å². The van der Waals surface area contributed by atoms with Gasteiger partial charge in [-0.1, -0.05) is 30.7 Å². The van der Waals surface area contributed by atoms with Crippen molar-refractivity contribution in [2.75, 3.05) is 0 Å². The number of ether oxygens (including phenoxy) is 1. The molecule has 2 rings (SSSR count).